The highest BCUT2D eigenvalue weighted by Crippen LogP contribution is 2.38. The summed E-state index contributed by atoms with van der Waals surface area (Å²) >= 11 is 0. The second-order valence-electron chi connectivity index (χ2n) is 7.95. The van der Waals surface area contributed by atoms with E-state index >= 15 is 0 Å². The van der Waals surface area contributed by atoms with Crippen molar-refractivity contribution in [1.82, 2.24) is 30.0 Å². The Morgan fingerprint density at radius 1 is 1.18 bits per heavy atom. The van der Waals surface area contributed by atoms with E-state index in [1.54, 1.807) is 43.7 Å². The lowest BCUT2D eigenvalue weighted by atomic mass is 9.86. The second-order valence-corrected chi connectivity index (χ2v) is 7.95. The maximum atomic E-state index is 13.9. The molecule has 0 spiro atoms. The molecule has 10 heteroatoms. The molecule has 3 aromatic heterocycles. The zero-order chi connectivity index (χ0) is 23.7. The number of amides is 1. The van der Waals surface area contributed by atoms with E-state index in [1.807, 2.05) is 10.7 Å². The number of nitrogen functional groups attached to an aromatic ring is 1. The standard InChI is InChI=1S/C24H21FN8O/c1-2-5-20(34)30-15-10-16(11-15)33-19-8-9-27-23(26)21(19)22(32-33)14-12-28-24(29-13-14)31-18-7-4-3-6-17(18)25/h3-4,6-9,12-13,15-16H,10-11H2,1H3,(H2,26,27)(H,30,34)(H,28,29,31)/t15-,16+. The van der Waals surface area contributed by atoms with Crippen LogP contribution < -0.4 is 16.4 Å². The van der Waals surface area contributed by atoms with Gasteiger partial charge in [-0.05, 0) is 43.9 Å². The predicted molar refractivity (Wildman–Crippen MR) is 126 cm³/mol. The molecule has 0 unspecified atom stereocenters. The van der Waals surface area contributed by atoms with Crippen LogP contribution in [0.15, 0.2) is 48.9 Å². The van der Waals surface area contributed by atoms with E-state index in [0.29, 0.717) is 22.5 Å². The molecule has 34 heavy (non-hydrogen) atoms. The molecule has 4 aromatic rings. The Hall–Kier alpha value is -4.52. The number of pyridine rings is 1. The lowest BCUT2D eigenvalue weighted by molar-refractivity contribution is -0.117. The van der Waals surface area contributed by atoms with Crippen LogP contribution in [0.1, 0.15) is 25.8 Å². The number of hydrogen-bond donors (Lipinski definition) is 3. The molecule has 9 nitrogen and oxygen atoms in total. The van der Waals surface area contributed by atoms with Gasteiger partial charge in [0.15, 0.2) is 0 Å². The molecule has 4 N–H and O–H groups in total. The fourth-order valence-corrected chi connectivity index (χ4v) is 4.03. The summed E-state index contributed by atoms with van der Waals surface area (Å²) in [6, 6.07) is 8.32. The number of benzene rings is 1. The van der Waals surface area contributed by atoms with E-state index in [1.165, 1.54) is 6.07 Å². The van der Waals surface area contributed by atoms with Gasteiger partial charge in [0.05, 0.1) is 22.6 Å². The number of aromatic nitrogens is 5. The van der Waals surface area contributed by atoms with Gasteiger partial charge < -0.3 is 16.4 Å². The Labute approximate surface area is 194 Å². The fourth-order valence-electron chi connectivity index (χ4n) is 4.03. The number of halogens is 1. The molecule has 1 amide bonds. The SMILES string of the molecule is CC#CC(=O)N[C@H]1C[C@@H](n2nc(-c3cnc(Nc4ccccc4F)nc3)c3c(N)nccc32)C1. The van der Waals surface area contributed by atoms with Crippen molar-refractivity contribution in [2.24, 2.45) is 0 Å². The van der Waals surface area contributed by atoms with Crippen LogP contribution in [0.25, 0.3) is 22.2 Å². The van der Waals surface area contributed by atoms with E-state index in [0.717, 1.165) is 18.4 Å². The predicted octanol–water partition coefficient (Wildman–Crippen LogP) is 3.20. The number of para-hydroxylation sites is 1. The van der Waals surface area contributed by atoms with Crippen LogP contribution >= 0.6 is 0 Å². The zero-order valence-corrected chi connectivity index (χ0v) is 18.3. The highest BCUT2D eigenvalue weighted by atomic mass is 19.1. The number of rotatable bonds is 5. The summed E-state index contributed by atoms with van der Waals surface area (Å²) in [7, 11) is 0. The first-order valence-corrected chi connectivity index (χ1v) is 10.7. The van der Waals surface area contributed by atoms with Gasteiger partial charge in [-0.3, -0.25) is 9.48 Å². The smallest absolute Gasteiger partial charge is 0.296 e. The largest absolute Gasteiger partial charge is 0.383 e. The number of nitrogens with two attached hydrogens (primary N) is 1. The Morgan fingerprint density at radius 3 is 2.68 bits per heavy atom. The van der Waals surface area contributed by atoms with Crippen LogP contribution in [0.4, 0.5) is 21.8 Å². The molecule has 0 saturated heterocycles. The first-order valence-electron chi connectivity index (χ1n) is 10.7. The van der Waals surface area contributed by atoms with Gasteiger partial charge in [0.1, 0.15) is 17.3 Å². The molecule has 0 radical (unpaired) electrons. The minimum atomic E-state index is -0.393. The average molecular weight is 456 g/mol. The zero-order valence-electron chi connectivity index (χ0n) is 18.3. The average Bonchev–Trinajstić information content (AvgIpc) is 3.19. The number of carbonyl (C=O) groups excluding carboxylic acids is 1. The van der Waals surface area contributed by atoms with Crippen LogP contribution in [0, 0.1) is 17.7 Å². The molecular weight excluding hydrogens is 435 g/mol. The molecular formula is C24H21FN8O. The Bertz CT molecular complexity index is 1430. The molecule has 3 heterocycles. The van der Waals surface area contributed by atoms with Crippen LogP contribution in [-0.2, 0) is 4.79 Å². The van der Waals surface area contributed by atoms with E-state index in [4.69, 9.17) is 10.8 Å². The lowest BCUT2D eigenvalue weighted by Gasteiger charge is -2.35. The van der Waals surface area contributed by atoms with E-state index in [-0.39, 0.29) is 29.6 Å². The third-order valence-electron chi connectivity index (χ3n) is 5.73. The minimum absolute atomic E-state index is 0.0484. The number of carbonyl (C=O) groups is 1. The number of hydrogen-bond acceptors (Lipinski definition) is 7. The molecule has 0 bridgehead atoms. The van der Waals surface area contributed by atoms with Crippen molar-refractivity contribution in [2.45, 2.75) is 31.8 Å². The highest BCUT2D eigenvalue weighted by molar-refractivity contribution is 6.00. The summed E-state index contributed by atoms with van der Waals surface area (Å²) in [5.41, 5.74) is 8.62. The maximum Gasteiger partial charge on any atom is 0.296 e. The third-order valence-corrected chi connectivity index (χ3v) is 5.73. The van der Waals surface area contributed by atoms with Crippen molar-refractivity contribution >= 4 is 34.3 Å². The van der Waals surface area contributed by atoms with Crippen molar-refractivity contribution in [3.63, 3.8) is 0 Å². The summed E-state index contributed by atoms with van der Waals surface area (Å²) in [6.45, 7) is 1.63. The summed E-state index contributed by atoms with van der Waals surface area (Å²) in [5.74, 6) is 5.05. The third kappa shape index (κ3) is 3.99. The van der Waals surface area contributed by atoms with Crippen molar-refractivity contribution in [3.05, 3.63) is 54.7 Å². The summed E-state index contributed by atoms with van der Waals surface area (Å²) in [4.78, 5) is 24.6. The van der Waals surface area contributed by atoms with Crippen molar-refractivity contribution in [2.75, 3.05) is 11.1 Å². The molecule has 0 aliphatic heterocycles. The topological polar surface area (TPSA) is 124 Å². The summed E-state index contributed by atoms with van der Waals surface area (Å²) in [6.07, 6.45) is 6.34. The minimum Gasteiger partial charge on any atom is -0.383 e. The monoisotopic (exact) mass is 456 g/mol. The molecule has 1 aliphatic carbocycles. The van der Waals surface area contributed by atoms with Gasteiger partial charge in [-0.2, -0.15) is 5.10 Å². The van der Waals surface area contributed by atoms with Crippen LogP contribution in [0.2, 0.25) is 0 Å². The van der Waals surface area contributed by atoms with Gasteiger partial charge in [0.25, 0.3) is 5.91 Å². The molecule has 1 aromatic carbocycles. The number of anilines is 3. The summed E-state index contributed by atoms with van der Waals surface area (Å²) in [5, 5.41) is 11.3. The van der Waals surface area contributed by atoms with Crippen LogP contribution in [0.5, 0.6) is 0 Å². The number of nitrogens with one attached hydrogen (secondary N) is 2. The Kier molecular flexibility index (Phi) is 5.51. The van der Waals surface area contributed by atoms with Gasteiger partial charge in [-0.1, -0.05) is 18.1 Å². The number of fused-ring (bicyclic) bond motifs is 1. The lowest BCUT2D eigenvalue weighted by Crippen LogP contribution is -2.44. The second kappa shape index (κ2) is 8.78. The van der Waals surface area contributed by atoms with Gasteiger partial charge in [-0.15, -0.1) is 0 Å². The normalized spacial score (nSPS) is 16.9. The van der Waals surface area contributed by atoms with Gasteiger partial charge >= 0.3 is 0 Å². The quantitative estimate of drug-likeness (QED) is 0.394. The van der Waals surface area contributed by atoms with Gasteiger partial charge in [0.2, 0.25) is 5.95 Å². The molecule has 0 atom stereocenters. The van der Waals surface area contributed by atoms with Crippen molar-refractivity contribution in [1.29, 1.82) is 0 Å². The van der Waals surface area contributed by atoms with Gasteiger partial charge in [-0.25, -0.2) is 19.3 Å². The molecule has 1 aliphatic rings. The highest BCUT2D eigenvalue weighted by Gasteiger charge is 2.34. The Balaban J connectivity index is 1.41. The first kappa shape index (κ1) is 21.3. The van der Waals surface area contributed by atoms with E-state index < -0.39 is 5.82 Å². The molecule has 170 valence electrons. The van der Waals surface area contributed by atoms with Crippen LogP contribution in [0.3, 0.4) is 0 Å². The number of nitrogens with zero attached hydrogens (tertiary/aromatic N) is 5. The van der Waals surface area contributed by atoms with E-state index in [2.05, 4.69) is 37.4 Å². The molecule has 5 rings (SSSR count). The van der Waals surface area contributed by atoms with Crippen LogP contribution in [-0.4, -0.2) is 36.7 Å². The van der Waals surface area contributed by atoms with Crippen molar-refractivity contribution < 1.29 is 9.18 Å². The fraction of sp³-hybridized carbons (Fsp3) is 0.208. The molecule has 1 fully saturated rings. The van der Waals surface area contributed by atoms with Gasteiger partial charge in [0, 0.05) is 30.2 Å². The first-order chi connectivity index (χ1) is 16.5. The Morgan fingerprint density at radius 2 is 1.94 bits per heavy atom. The maximum absolute atomic E-state index is 13.9. The summed E-state index contributed by atoms with van der Waals surface area (Å²) < 4.78 is 15.8. The van der Waals surface area contributed by atoms with Crippen molar-refractivity contribution in [3.8, 4) is 23.1 Å². The molecule has 1 saturated carbocycles. The van der Waals surface area contributed by atoms with E-state index in [9.17, 15) is 9.18 Å².